The maximum atomic E-state index is 12.6. The van der Waals surface area contributed by atoms with Gasteiger partial charge in [-0.25, -0.2) is 4.98 Å². The molecule has 1 heterocycles. The highest BCUT2D eigenvalue weighted by Crippen LogP contribution is 2.39. The summed E-state index contributed by atoms with van der Waals surface area (Å²) in [5.41, 5.74) is 9.40. The molecular weight excluding hydrogens is 342 g/mol. The number of fused-ring (bicyclic) bond motifs is 2. The van der Waals surface area contributed by atoms with E-state index in [1.54, 1.807) is 11.3 Å². The van der Waals surface area contributed by atoms with E-state index in [2.05, 4.69) is 35.4 Å². The van der Waals surface area contributed by atoms with Crippen molar-refractivity contribution in [3.05, 3.63) is 40.9 Å². The number of benzene rings is 1. The van der Waals surface area contributed by atoms with E-state index in [0.29, 0.717) is 30.3 Å². The van der Waals surface area contributed by atoms with Crippen LogP contribution in [-0.4, -0.2) is 23.0 Å². The number of nitrogens with two attached hydrogens (primary N) is 1. The van der Waals surface area contributed by atoms with Crippen LogP contribution in [0, 0.1) is 18.8 Å². The molecule has 2 bridgehead atoms. The quantitative estimate of drug-likeness (QED) is 0.864. The lowest BCUT2D eigenvalue weighted by Crippen LogP contribution is -2.54. The van der Waals surface area contributed by atoms with Gasteiger partial charge < -0.3 is 11.1 Å². The summed E-state index contributed by atoms with van der Waals surface area (Å²) in [7, 11) is 0. The molecule has 4 rings (SSSR count). The first-order chi connectivity index (χ1) is 12.6. The van der Waals surface area contributed by atoms with Crippen molar-refractivity contribution in [2.45, 2.75) is 57.5 Å². The minimum Gasteiger partial charge on any atom is -0.352 e. The van der Waals surface area contributed by atoms with Crippen LogP contribution in [0.1, 0.15) is 43.4 Å². The van der Waals surface area contributed by atoms with Crippen molar-refractivity contribution in [3.63, 3.8) is 0 Å². The van der Waals surface area contributed by atoms with E-state index in [1.165, 1.54) is 24.8 Å². The third kappa shape index (κ3) is 3.84. The Bertz CT molecular complexity index is 773. The number of rotatable bonds is 4. The van der Waals surface area contributed by atoms with Crippen LogP contribution in [0.15, 0.2) is 29.6 Å². The molecule has 2 saturated carbocycles. The van der Waals surface area contributed by atoms with Crippen molar-refractivity contribution in [1.82, 2.24) is 10.3 Å². The SMILES string of the molecule is Cc1cccc(-c2nc(CC(=O)NC3C4CCCC3CC(N)C4)cs2)c1. The fourth-order valence-electron chi connectivity index (χ4n) is 4.73. The molecule has 0 radical (unpaired) electrons. The van der Waals surface area contributed by atoms with E-state index < -0.39 is 0 Å². The maximum absolute atomic E-state index is 12.6. The van der Waals surface area contributed by atoms with Gasteiger partial charge in [0.25, 0.3) is 0 Å². The molecule has 2 aromatic rings. The molecule has 1 aromatic carbocycles. The van der Waals surface area contributed by atoms with E-state index in [9.17, 15) is 4.79 Å². The van der Waals surface area contributed by atoms with Gasteiger partial charge in [0, 0.05) is 23.0 Å². The molecule has 0 spiro atoms. The van der Waals surface area contributed by atoms with Gasteiger partial charge in [0.05, 0.1) is 12.1 Å². The van der Waals surface area contributed by atoms with Crippen molar-refractivity contribution in [1.29, 1.82) is 0 Å². The third-order valence-corrected chi connectivity index (χ3v) is 6.80. The van der Waals surface area contributed by atoms with Gasteiger partial charge in [-0.3, -0.25) is 4.79 Å². The number of hydrogen-bond donors (Lipinski definition) is 2. The fourth-order valence-corrected chi connectivity index (χ4v) is 5.54. The fraction of sp³-hybridized carbons (Fsp3) is 0.524. The number of thiazole rings is 1. The zero-order valence-corrected chi connectivity index (χ0v) is 16.1. The van der Waals surface area contributed by atoms with Crippen LogP contribution >= 0.6 is 11.3 Å². The Morgan fingerprint density at radius 3 is 2.81 bits per heavy atom. The Labute approximate surface area is 159 Å². The smallest absolute Gasteiger partial charge is 0.226 e. The van der Waals surface area contributed by atoms with E-state index in [-0.39, 0.29) is 5.91 Å². The van der Waals surface area contributed by atoms with E-state index in [0.717, 1.165) is 29.1 Å². The van der Waals surface area contributed by atoms with Crippen molar-refractivity contribution >= 4 is 17.2 Å². The molecule has 2 atom stereocenters. The van der Waals surface area contributed by atoms with E-state index in [4.69, 9.17) is 5.73 Å². The minimum atomic E-state index is 0.100. The molecule has 2 unspecified atom stereocenters. The predicted octanol–water partition coefficient (Wildman–Crippen LogP) is 3.68. The Balaban J connectivity index is 1.40. The van der Waals surface area contributed by atoms with Crippen molar-refractivity contribution in [3.8, 4) is 10.6 Å². The Kier molecular flexibility index (Phi) is 5.09. The summed E-state index contributed by atoms with van der Waals surface area (Å²) in [5, 5.41) is 6.31. The molecule has 4 nitrogen and oxygen atoms in total. The minimum absolute atomic E-state index is 0.100. The maximum Gasteiger partial charge on any atom is 0.226 e. The van der Waals surface area contributed by atoms with Crippen LogP contribution in [0.3, 0.4) is 0 Å². The topological polar surface area (TPSA) is 68.0 Å². The lowest BCUT2D eigenvalue weighted by atomic mass is 9.67. The number of nitrogens with one attached hydrogen (secondary N) is 1. The van der Waals surface area contributed by atoms with Gasteiger partial charge in [-0.15, -0.1) is 11.3 Å². The summed E-state index contributed by atoms with van der Waals surface area (Å²) in [5.74, 6) is 1.21. The van der Waals surface area contributed by atoms with Crippen LogP contribution in [0.25, 0.3) is 10.6 Å². The standard InChI is InChI=1S/C21H27N3OS/c1-13-4-2-7-16(8-13)21-23-18(12-26-21)11-19(25)24-20-14-5-3-6-15(20)10-17(22)9-14/h2,4,7-8,12,14-15,17,20H,3,5-6,9-11,22H2,1H3,(H,24,25). The van der Waals surface area contributed by atoms with Crippen LogP contribution < -0.4 is 11.1 Å². The largest absolute Gasteiger partial charge is 0.352 e. The molecule has 5 heteroatoms. The number of nitrogens with zero attached hydrogens (tertiary/aromatic N) is 1. The van der Waals surface area contributed by atoms with Crippen LogP contribution in [0.4, 0.5) is 0 Å². The highest BCUT2D eigenvalue weighted by molar-refractivity contribution is 7.13. The van der Waals surface area contributed by atoms with Crippen molar-refractivity contribution in [2.75, 3.05) is 0 Å². The van der Waals surface area contributed by atoms with Crippen molar-refractivity contribution in [2.24, 2.45) is 17.6 Å². The van der Waals surface area contributed by atoms with Gasteiger partial charge >= 0.3 is 0 Å². The summed E-state index contributed by atoms with van der Waals surface area (Å²) < 4.78 is 0. The van der Waals surface area contributed by atoms with E-state index in [1.807, 2.05) is 11.4 Å². The second-order valence-electron chi connectivity index (χ2n) is 7.97. The lowest BCUT2D eigenvalue weighted by Gasteiger charge is -2.45. The number of aromatic nitrogens is 1. The average Bonchev–Trinajstić information content (AvgIpc) is 3.04. The number of aryl methyl sites for hydroxylation is 1. The lowest BCUT2D eigenvalue weighted by molar-refractivity contribution is -0.122. The van der Waals surface area contributed by atoms with Gasteiger partial charge in [0.1, 0.15) is 5.01 Å². The van der Waals surface area contributed by atoms with E-state index >= 15 is 0 Å². The van der Waals surface area contributed by atoms with Gasteiger partial charge in [0.15, 0.2) is 0 Å². The molecule has 26 heavy (non-hydrogen) atoms. The van der Waals surface area contributed by atoms with Gasteiger partial charge in [-0.1, -0.05) is 30.2 Å². The van der Waals surface area contributed by atoms with Gasteiger partial charge in [0.2, 0.25) is 5.91 Å². The molecule has 138 valence electrons. The normalized spacial score (nSPS) is 27.9. The Morgan fingerprint density at radius 2 is 2.08 bits per heavy atom. The van der Waals surface area contributed by atoms with Crippen LogP contribution in [0.5, 0.6) is 0 Å². The summed E-state index contributed by atoms with van der Waals surface area (Å²) >= 11 is 1.61. The third-order valence-electron chi connectivity index (χ3n) is 5.86. The molecule has 0 aliphatic heterocycles. The number of carbonyl (C=O) groups excluding carboxylic acids is 1. The van der Waals surface area contributed by atoms with Gasteiger partial charge in [-0.2, -0.15) is 0 Å². The zero-order chi connectivity index (χ0) is 18.1. The molecule has 1 aromatic heterocycles. The summed E-state index contributed by atoms with van der Waals surface area (Å²) in [6, 6.07) is 8.96. The molecule has 3 N–H and O–H groups in total. The Hall–Kier alpha value is -1.72. The van der Waals surface area contributed by atoms with Crippen LogP contribution in [0.2, 0.25) is 0 Å². The van der Waals surface area contributed by atoms with Crippen molar-refractivity contribution < 1.29 is 4.79 Å². The first kappa shape index (κ1) is 17.7. The first-order valence-corrected chi connectivity index (χ1v) is 10.5. The molecule has 2 aliphatic carbocycles. The molecule has 1 amide bonds. The second kappa shape index (κ2) is 7.49. The monoisotopic (exact) mass is 369 g/mol. The molecule has 2 fully saturated rings. The molecular formula is C21H27N3OS. The molecule has 2 aliphatic rings. The second-order valence-corrected chi connectivity index (χ2v) is 8.82. The number of carbonyl (C=O) groups is 1. The first-order valence-electron chi connectivity index (χ1n) is 9.65. The number of amides is 1. The Morgan fingerprint density at radius 1 is 1.31 bits per heavy atom. The molecule has 0 saturated heterocycles. The summed E-state index contributed by atoms with van der Waals surface area (Å²) in [6.45, 7) is 2.08. The average molecular weight is 370 g/mol. The number of hydrogen-bond acceptors (Lipinski definition) is 4. The highest BCUT2D eigenvalue weighted by Gasteiger charge is 2.39. The van der Waals surface area contributed by atoms with Crippen LogP contribution in [-0.2, 0) is 11.2 Å². The highest BCUT2D eigenvalue weighted by atomic mass is 32.1. The summed E-state index contributed by atoms with van der Waals surface area (Å²) in [4.78, 5) is 17.3. The predicted molar refractivity (Wildman–Crippen MR) is 106 cm³/mol. The summed E-state index contributed by atoms with van der Waals surface area (Å²) in [6.07, 6.45) is 6.14. The zero-order valence-electron chi connectivity index (χ0n) is 15.3. The van der Waals surface area contributed by atoms with Gasteiger partial charge in [-0.05, 0) is 50.5 Å².